The van der Waals surface area contributed by atoms with E-state index in [0.29, 0.717) is 6.17 Å². The van der Waals surface area contributed by atoms with Crippen LogP contribution >= 0.6 is 15.9 Å². The van der Waals surface area contributed by atoms with Crippen molar-refractivity contribution in [2.24, 2.45) is 0 Å². The first-order valence-electron chi connectivity index (χ1n) is 6.14. The molecule has 3 heteroatoms. The predicted octanol–water partition coefficient (Wildman–Crippen LogP) is 3.60. The van der Waals surface area contributed by atoms with Crippen LogP contribution in [0.5, 0.6) is 0 Å². The molecule has 1 saturated carbocycles. The van der Waals surface area contributed by atoms with Gasteiger partial charge in [0, 0.05) is 10.5 Å². The van der Waals surface area contributed by atoms with Crippen molar-refractivity contribution in [1.82, 2.24) is 10.4 Å². The van der Waals surface area contributed by atoms with E-state index < -0.39 is 0 Å². The molecule has 1 aromatic rings. The summed E-state index contributed by atoms with van der Waals surface area (Å²) in [6, 6.07) is 9.40. The molecule has 86 valence electrons. The Bertz CT molecular complexity index is 357. The van der Waals surface area contributed by atoms with Crippen molar-refractivity contribution in [3.05, 3.63) is 34.3 Å². The molecule has 2 aliphatic rings. The van der Waals surface area contributed by atoms with Crippen molar-refractivity contribution in [3.8, 4) is 0 Å². The maximum Gasteiger partial charge on any atom is 0.112 e. The van der Waals surface area contributed by atoms with Crippen LogP contribution in [0.1, 0.15) is 43.8 Å². The van der Waals surface area contributed by atoms with Crippen LogP contribution in [0.4, 0.5) is 0 Å². The smallest absolute Gasteiger partial charge is 0.112 e. The second-order valence-corrected chi connectivity index (χ2v) is 5.70. The summed E-state index contributed by atoms with van der Waals surface area (Å²) < 4.78 is 1.15. The molecular weight excluding hydrogens is 264 g/mol. The molecule has 0 bridgehead atoms. The molecule has 0 amide bonds. The third kappa shape index (κ3) is 2.17. The fraction of sp³-hybridized carbons (Fsp3) is 0.538. The van der Waals surface area contributed by atoms with Crippen molar-refractivity contribution in [2.45, 2.75) is 44.3 Å². The van der Waals surface area contributed by atoms with E-state index in [-0.39, 0.29) is 0 Å². The Balaban J connectivity index is 1.64. The Kier molecular flexibility index (Phi) is 3.01. The van der Waals surface area contributed by atoms with Gasteiger partial charge in [0.25, 0.3) is 0 Å². The second-order valence-electron chi connectivity index (χ2n) is 4.78. The van der Waals surface area contributed by atoms with Crippen LogP contribution in [0.2, 0.25) is 0 Å². The highest BCUT2D eigenvalue weighted by atomic mass is 79.9. The fourth-order valence-electron chi connectivity index (χ4n) is 2.66. The van der Waals surface area contributed by atoms with E-state index in [2.05, 4.69) is 50.6 Å². The number of nitrogens with one attached hydrogen (secondary N) is 1. The van der Waals surface area contributed by atoms with Gasteiger partial charge in [-0.3, -0.25) is 0 Å². The van der Waals surface area contributed by atoms with Gasteiger partial charge in [0.05, 0.1) is 0 Å². The second kappa shape index (κ2) is 4.47. The van der Waals surface area contributed by atoms with Crippen LogP contribution in [0, 0.1) is 0 Å². The Hall–Kier alpha value is -0.380. The number of nitrogens with zero attached hydrogens (tertiary/aromatic N) is 1. The van der Waals surface area contributed by atoms with Crippen LogP contribution in [0.3, 0.4) is 0 Å². The lowest BCUT2D eigenvalue weighted by molar-refractivity contribution is 0.268. The highest BCUT2D eigenvalue weighted by Crippen LogP contribution is 2.36. The minimum atomic E-state index is 0.469. The Morgan fingerprint density at radius 1 is 1.06 bits per heavy atom. The highest BCUT2D eigenvalue weighted by molar-refractivity contribution is 9.10. The van der Waals surface area contributed by atoms with E-state index >= 15 is 0 Å². The zero-order valence-corrected chi connectivity index (χ0v) is 10.9. The first kappa shape index (κ1) is 10.8. The van der Waals surface area contributed by atoms with Crippen LogP contribution < -0.4 is 5.43 Å². The quantitative estimate of drug-likeness (QED) is 0.838. The first-order chi connectivity index (χ1) is 7.84. The first-order valence-corrected chi connectivity index (χ1v) is 6.94. The highest BCUT2D eigenvalue weighted by Gasteiger charge is 2.40. The summed E-state index contributed by atoms with van der Waals surface area (Å²) in [6.07, 6.45) is 7.41. The SMILES string of the molecule is Brc1ccc(C2NN2C2CCCCC2)cc1. The average molecular weight is 281 g/mol. The summed E-state index contributed by atoms with van der Waals surface area (Å²) in [6.45, 7) is 0. The number of hydrogen-bond donors (Lipinski definition) is 1. The van der Waals surface area contributed by atoms with Gasteiger partial charge in [0.2, 0.25) is 0 Å². The number of halogens is 1. The summed E-state index contributed by atoms with van der Waals surface area (Å²) in [4.78, 5) is 0. The molecule has 2 fully saturated rings. The Labute approximate surface area is 105 Å². The summed E-state index contributed by atoms with van der Waals surface area (Å²) >= 11 is 3.47. The molecule has 1 aliphatic heterocycles. The molecule has 2 nitrogen and oxygen atoms in total. The lowest BCUT2D eigenvalue weighted by atomic mass is 9.95. The number of hydrazine groups is 1. The van der Waals surface area contributed by atoms with Gasteiger partial charge in [-0.05, 0) is 30.5 Å². The summed E-state index contributed by atoms with van der Waals surface area (Å²) in [5, 5.41) is 2.43. The summed E-state index contributed by atoms with van der Waals surface area (Å²) in [7, 11) is 0. The Morgan fingerprint density at radius 3 is 2.44 bits per heavy atom. The van der Waals surface area contributed by atoms with Gasteiger partial charge in [-0.2, -0.15) is 0 Å². The molecule has 1 saturated heterocycles. The van der Waals surface area contributed by atoms with Crippen molar-refractivity contribution in [2.75, 3.05) is 0 Å². The molecule has 0 spiro atoms. The average Bonchev–Trinajstić information content (AvgIpc) is 3.11. The topological polar surface area (TPSA) is 25.0 Å². The number of rotatable bonds is 2. The van der Waals surface area contributed by atoms with Crippen molar-refractivity contribution < 1.29 is 0 Å². The van der Waals surface area contributed by atoms with Crippen molar-refractivity contribution >= 4 is 15.9 Å². The summed E-state index contributed by atoms with van der Waals surface area (Å²) in [5.74, 6) is 0. The van der Waals surface area contributed by atoms with E-state index in [1.807, 2.05) is 0 Å². The molecule has 3 rings (SSSR count). The lowest BCUT2D eigenvalue weighted by Crippen LogP contribution is -2.23. The van der Waals surface area contributed by atoms with Crippen LogP contribution in [-0.2, 0) is 0 Å². The van der Waals surface area contributed by atoms with E-state index in [0.717, 1.165) is 10.5 Å². The van der Waals surface area contributed by atoms with Gasteiger partial charge in [-0.25, -0.2) is 10.4 Å². The van der Waals surface area contributed by atoms with Gasteiger partial charge in [0.1, 0.15) is 6.17 Å². The summed E-state index contributed by atoms with van der Waals surface area (Å²) in [5.41, 5.74) is 4.88. The lowest BCUT2D eigenvalue weighted by Gasteiger charge is -2.21. The minimum absolute atomic E-state index is 0.469. The number of benzene rings is 1. The molecule has 16 heavy (non-hydrogen) atoms. The zero-order chi connectivity index (χ0) is 11.0. The van der Waals surface area contributed by atoms with Gasteiger partial charge in [-0.15, -0.1) is 0 Å². The maximum atomic E-state index is 3.49. The van der Waals surface area contributed by atoms with Gasteiger partial charge < -0.3 is 0 Å². The van der Waals surface area contributed by atoms with Crippen molar-refractivity contribution in [3.63, 3.8) is 0 Å². The normalized spacial score (nSPS) is 30.3. The predicted molar refractivity (Wildman–Crippen MR) is 68.7 cm³/mol. The third-order valence-electron chi connectivity index (χ3n) is 3.64. The van der Waals surface area contributed by atoms with E-state index in [1.165, 1.54) is 37.7 Å². The van der Waals surface area contributed by atoms with Crippen LogP contribution in [-0.4, -0.2) is 11.1 Å². The molecule has 2 atom stereocenters. The molecule has 0 radical (unpaired) electrons. The maximum absolute atomic E-state index is 3.49. The molecule has 1 aromatic carbocycles. The standard InChI is InChI=1S/C13H17BrN2/c14-11-8-6-10(7-9-11)13-15-16(13)12-4-2-1-3-5-12/h6-9,12-13,15H,1-5H2. The van der Waals surface area contributed by atoms with E-state index in [9.17, 15) is 0 Å². The van der Waals surface area contributed by atoms with E-state index in [4.69, 9.17) is 0 Å². The van der Waals surface area contributed by atoms with Crippen LogP contribution in [0.15, 0.2) is 28.7 Å². The molecule has 1 heterocycles. The third-order valence-corrected chi connectivity index (χ3v) is 4.16. The van der Waals surface area contributed by atoms with Crippen LogP contribution in [0.25, 0.3) is 0 Å². The molecule has 1 N–H and O–H groups in total. The van der Waals surface area contributed by atoms with Gasteiger partial charge >= 0.3 is 0 Å². The fourth-order valence-corrected chi connectivity index (χ4v) is 2.93. The van der Waals surface area contributed by atoms with Gasteiger partial charge in [0.15, 0.2) is 0 Å². The molecule has 2 unspecified atom stereocenters. The number of hydrogen-bond acceptors (Lipinski definition) is 2. The van der Waals surface area contributed by atoms with E-state index in [1.54, 1.807) is 0 Å². The minimum Gasteiger partial charge on any atom is -0.230 e. The van der Waals surface area contributed by atoms with Crippen molar-refractivity contribution in [1.29, 1.82) is 0 Å². The molecule has 1 aliphatic carbocycles. The zero-order valence-electron chi connectivity index (χ0n) is 9.32. The molecular formula is C13H17BrN2. The monoisotopic (exact) mass is 280 g/mol. The molecule has 0 aromatic heterocycles. The Morgan fingerprint density at radius 2 is 1.75 bits per heavy atom. The largest absolute Gasteiger partial charge is 0.230 e. The van der Waals surface area contributed by atoms with Gasteiger partial charge in [-0.1, -0.05) is 47.3 Å².